The number of anilines is 2. The van der Waals surface area contributed by atoms with Crippen molar-refractivity contribution in [3.63, 3.8) is 0 Å². The molecule has 5 nitrogen and oxygen atoms in total. The van der Waals surface area contributed by atoms with Gasteiger partial charge in [0.25, 0.3) is 0 Å². The molecule has 0 unspecified atom stereocenters. The number of alkyl halides is 3. The Kier molecular flexibility index (Phi) is 5.85. The summed E-state index contributed by atoms with van der Waals surface area (Å²) >= 11 is 0. The van der Waals surface area contributed by atoms with Crippen LogP contribution < -0.4 is 15.4 Å². The van der Waals surface area contributed by atoms with Gasteiger partial charge in [-0.15, -0.1) is 0 Å². The number of nitrogens with zero attached hydrogens (tertiary/aromatic N) is 2. The van der Waals surface area contributed by atoms with Crippen molar-refractivity contribution in [3.05, 3.63) is 66.5 Å². The lowest BCUT2D eigenvalue weighted by Gasteiger charge is -2.24. The average Bonchev–Trinajstić information content (AvgIpc) is 2.74. The maximum Gasteiger partial charge on any atom is 0.433 e. The van der Waals surface area contributed by atoms with Crippen molar-refractivity contribution in [3.8, 4) is 16.9 Å². The van der Waals surface area contributed by atoms with E-state index in [1.807, 2.05) is 42.5 Å². The fourth-order valence-electron chi connectivity index (χ4n) is 3.35. The first-order valence-electron chi connectivity index (χ1n) is 9.72. The van der Waals surface area contributed by atoms with E-state index in [4.69, 9.17) is 4.74 Å². The van der Waals surface area contributed by atoms with Crippen LogP contribution >= 0.6 is 0 Å². The number of hydrogen-bond donors (Lipinski definition) is 2. The van der Waals surface area contributed by atoms with E-state index in [0.717, 1.165) is 49.3 Å². The fourth-order valence-corrected chi connectivity index (χ4v) is 3.35. The highest BCUT2D eigenvalue weighted by atomic mass is 19.4. The minimum atomic E-state index is -4.53. The number of nitrogens with one attached hydrogen (secondary N) is 2. The van der Waals surface area contributed by atoms with Crippen molar-refractivity contribution >= 4 is 11.6 Å². The van der Waals surface area contributed by atoms with Crippen LogP contribution in [0.1, 0.15) is 18.5 Å². The molecular formula is C22H21F3N4O. The van der Waals surface area contributed by atoms with Gasteiger partial charge >= 0.3 is 6.18 Å². The van der Waals surface area contributed by atoms with Gasteiger partial charge in [-0.3, -0.25) is 0 Å². The highest BCUT2D eigenvalue weighted by Gasteiger charge is 2.32. The average molecular weight is 414 g/mol. The quantitative estimate of drug-likeness (QED) is 0.613. The Bertz CT molecular complexity index is 989. The molecule has 2 N–H and O–H groups in total. The van der Waals surface area contributed by atoms with Crippen LogP contribution in [0.4, 0.5) is 24.8 Å². The Balaban J connectivity index is 1.65. The molecule has 1 aliphatic heterocycles. The topological polar surface area (TPSA) is 59.1 Å². The predicted octanol–water partition coefficient (Wildman–Crippen LogP) is 5.04. The van der Waals surface area contributed by atoms with Crippen LogP contribution in [0.2, 0.25) is 0 Å². The Morgan fingerprint density at radius 3 is 2.47 bits per heavy atom. The van der Waals surface area contributed by atoms with Crippen LogP contribution in [0.5, 0.6) is 5.75 Å². The van der Waals surface area contributed by atoms with Gasteiger partial charge < -0.3 is 15.4 Å². The standard InChI is InChI=1S/C22H21F3N4O/c23-22(24,25)20-8-11-27-21(29-20)28-17-12-16(15-4-2-1-3-5-15)13-19(14-17)30-18-6-9-26-10-7-18/h1-5,8,11-14,18,26H,6-7,9-10H2,(H,27,28,29). The van der Waals surface area contributed by atoms with E-state index < -0.39 is 11.9 Å². The van der Waals surface area contributed by atoms with Crippen molar-refractivity contribution in [1.29, 1.82) is 0 Å². The molecule has 1 aromatic heterocycles. The summed E-state index contributed by atoms with van der Waals surface area (Å²) in [5.41, 5.74) is 1.42. The zero-order valence-corrected chi connectivity index (χ0v) is 16.1. The lowest BCUT2D eigenvalue weighted by molar-refractivity contribution is -0.141. The fraction of sp³-hybridized carbons (Fsp3) is 0.273. The Morgan fingerprint density at radius 2 is 1.73 bits per heavy atom. The second-order valence-corrected chi connectivity index (χ2v) is 7.07. The first kappa shape index (κ1) is 20.2. The molecule has 0 bridgehead atoms. The third-order valence-corrected chi connectivity index (χ3v) is 4.80. The molecule has 0 saturated carbocycles. The summed E-state index contributed by atoms with van der Waals surface area (Å²) in [6.45, 7) is 1.79. The van der Waals surface area contributed by atoms with Crippen LogP contribution in [-0.2, 0) is 6.18 Å². The number of piperidine rings is 1. The molecule has 0 aliphatic carbocycles. The number of ether oxygens (including phenoxy) is 1. The molecule has 2 aromatic carbocycles. The molecule has 0 radical (unpaired) electrons. The van der Waals surface area contributed by atoms with E-state index in [1.54, 1.807) is 6.07 Å². The summed E-state index contributed by atoms with van der Waals surface area (Å²) in [4.78, 5) is 7.52. The van der Waals surface area contributed by atoms with E-state index in [1.165, 1.54) is 0 Å². The van der Waals surface area contributed by atoms with E-state index in [0.29, 0.717) is 11.4 Å². The van der Waals surface area contributed by atoms with Crippen LogP contribution in [0, 0.1) is 0 Å². The highest BCUT2D eigenvalue weighted by molar-refractivity contribution is 5.72. The second-order valence-electron chi connectivity index (χ2n) is 7.07. The predicted molar refractivity (Wildman–Crippen MR) is 109 cm³/mol. The van der Waals surface area contributed by atoms with Gasteiger partial charge in [0.2, 0.25) is 5.95 Å². The first-order chi connectivity index (χ1) is 14.5. The third-order valence-electron chi connectivity index (χ3n) is 4.80. The molecule has 30 heavy (non-hydrogen) atoms. The van der Waals surface area contributed by atoms with Gasteiger partial charge in [-0.1, -0.05) is 30.3 Å². The third kappa shape index (κ3) is 5.07. The zero-order valence-electron chi connectivity index (χ0n) is 16.1. The van der Waals surface area contributed by atoms with E-state index in [-0.39, 0.29) is 12.1 Å². The van der Waals surface area contributed by atoms with Crippen molar-refractivity contribution in [2.24, 2.45) is 0 Å². The van der Waals surface area contributed by atoms with Crippen LogP contribution in [0.15, 0.2) is 60.8 Å². The zero-order chi connectivity index (χ0) is 21.0. The molecule has 1 aliphatic rings. The van der Waals surface area contributed by atoms with E-state index >= 15 is 0 Å². The van der Waals surface area contributed by atoms with E-state index in [2.05, 4.69) is 20.6 Å². The number of rotatable bonds is 5. The van der Waals surface area contributed by atoms with Gasteiger partial charge in [-0.2, -0.15) is 13.2 Å². The largest absolute Gasteiger partial charge is 0.490 e. The van der Waals surface area contributed by atoms with Crippen molar-refractivity contribution in [2.45, 2.75) is 25.1 Å². The summed E-state index contributed by atoms with van der Waals surface area (Å²) < 4.78 is 45.1. The monoisotopic (exact) mass is 414 g/mol. The number of aromatic nitrogens is 2. The Labute approximate surface area is 172 Å². The molecule has 0 spiro atoms. The molecule has 0 amide bonds. The molecule has 156 valence electrons. The molecule has 8 heteroatoms. The van der Waals surface area contributed by atoms with Gasteiger partial charge in [0.15, 0.2) is 0 Å². The van der Waals surface area contributed by atoms with Crippen molar-refractivity contribution < 1.29 is 17.9 Å². The van der Waals surface area contributed by atoms with Crippen molar-refractivity contribution in [1.82, 2.24) is 15.3 Å². The summed E-state index contributed by atoms with van der Waals surface area (Å²) in [6.07, 6.45) is -1.56. The molecular weight excluding hydrogens is 393 g/mol. The van der Waals surface area contributed by atoms with Gasteiger partial charge in [-0.05, 0) is 55.3 Å². The minimum absolute atomic E-state index is 0.0925. The maximum absolute atomic E-state index is 13.0. The van der Waals surface area contributed by atoms with Gasteiger partial charge in [-0.25, -0.2) is 9.97 Å². The molecule has 3 aromatic rings. The normalized spacial score (nSPS) is 15.0. The molecule has 0 atom stereocenters. The molecule has 1 saturated heterocycles. The van der Waals surface area contributed by atoms with Gasteiger partial charge in [0.1, 0.15) is 17.5 Å². The molecule has 2 heterocycles. The minimum Gasteiger partial charge on any atom is -0.490 e. The van der Waals surface area contributed by atoms with Crippen LogP contribution in [0.3, 0.4) is 0 Å². The number of hydrogen-bond acceptors (Lipinski definition) is 5. The Morgan fingerprint density at radius 1 is 0.967 bits per heavy atom. The Hall–Kier alpha value is -3.13. The summed E-state index contributed by atoms with van der Waals surface area (Å²) in [7, 11) is 0. The van der Waals surface area contributed by atoms with Crippen LogP contribution in [-0.4, -0.2) is 29.2 Å². The SMILES string of the molecule is FC(F)(F)c1ccnc(Nc2cc(OC3CCNCC3)cc(-c3ccccc3)c2)n1. The van der Waals surface area contributed by atoms with Gasteiger partial charge in [0, 0.05) is 18.0 Å². The maximum atomic E-state index is 13.0. The lowest BCUT2D eigenvalue weighted by atomic mass is 10.0. The highest BCUT2D eigenvalue weighted by Crippen LogP contribution is 2.32. The first-order valence-corrected chi connectivity index (χ1v) is 9.72. The smallest absolute Gasteiger partial charge is 0.433 e. The van der Waals surface area contributed by atoms with Crippen molar-refractivity contribution in [2.75, 3.05) is 18.4 Å². The number of halogens is 3. The lowest BCUT2D eigenvalue weighted by Crippen LogP contribution is -2.34. The van der Waals surface area contributed by atoms with Crippen LogP contribution in [0.25, 0.3) is 11.1 Å². The van der Waals surface area contributed by atoms with E-state index in [9.17, 15) is 13.2 Å². The molecule has 1 fully saturated rings. The molecule has 4 rings (SSSR count). The number of benzene rings is 2. The summed E-state index contributed by atoms with van der Waals surface area (Å²) in [5, 5.41) is 6.19. The second kappa shape index (κ2) is 8.71. The summed E-state index contributed by atoms with van der Waals surface area (Å²) in [5.74, 6) is 0.528. The van der Waals surface area contributed by atoms with Gasteiger partial charge in [0.05, 0.1) is 0 Å². The summed E-state index contributed by atoms with van der Waals surface area (Å²) in [6, 6.07) is 16.1.